The molecule has 31 heavy (non-hydrogen) atoms. The van der Waals surface area contributed by atoms with Gasteiger partial charge in [0.2, 0.25) is 11.8 Å². The third-order valence-electron chi connectivity index (χ3n) is 4.96. The summed E-state index contributed by atoms with van der Waals surface area (Å²) < 4.78 is 19.8. The lowest BCUT2D eigenvalue weighted by atomic mass is 9.89. The van der Waals surface area contributed by atoms with Gasteiger partial charge in [0.1, 0.15) is 15.0 Å². The topological polar surface area (TPSA) is 134 Å². The van der Waals surface area contributed by atoms with Gasteiger partial charge in [-0.1, -0.05) is 17.8 Å². The van der Waals surface area contributed by atoms with Crippen molar-refractivity contribution in [1.29, 1.82) is 0 Å². The number of amides is 2. The standard InChI is InChI=1S/C17H18N4O6S4/c1-9-18-19-16(27-9)30-8-17(15(24)25)6-20-13(23)12(14(20)29-7-17)21(10(2)22)31(26)11-4-3-5-28-11/h3-5,12,14H,6-8H2,1-2H3,(H,24,25)/t12?,14-,17?,31?/m1/s1. The van der Waals surface area contributed by atoms with E-state index in [0.717, 1.165) is 16.1 Å². The van der Waals surface area contributed by atoms with Crippen LogP contribution in [-0.4, -0.2) is 76.0 Å². The van der Waals surface area contributed by atoms with E-state index in [4.69, 9.17) is 4.42 Å². The maximum absolute atomic E-state index is 13.0. The highest BCUT2D eigenvalue weighted by atomic mass is 32.2. The number of carboxylic acids is 1. The Balaban J connectivity index is 1.50. The molecule has 0 aromatic carbocycles. The van der Waals surface area contributed by atoms with Crippen LogP contribution in [0.1, 0.15) is 12.8 Å². The normalized spacial score (nSPS) is 26.1. The molecule has 2 aliphatic rings. The van der Waals surface area contributed by atoms with Crippen LogP contribution in [0.15, 0.2) is 31.4 Å². The molecular weight excluding hydrogens is 484 g/mol. The third kappa shape index (κ3) is 4.01. The number of aryl methyl sites for hydroxylation is 1. The number of carbonyl (C=O) groups is 3. The van der Waals surface area contributed by atoms with Crippen molar-refractivity contribution >= 4 is 63.6 Å². The Kier molecular flexibility index (Phi) is 6.16. The maximum Gasteiger partial charge on any atom is 0.313 e. The maximum atomic E-state index is 13.0. The molecule has 0 radical (unpaired) electrons. The number of hydrogen-bond donors (Lipinski definition) is 1. The Bertz CT molecular complexity index is 1040. The monoisotopic (exact) mass is 502 g/mol. The molecule has 166 valence electrons. The summed E-state index contributed by atoms with van der Waals surface area (Å²) in [7, 11) is -1.80. The van der Waals surface area contributed by atoms with Crippen molar-refractivity contribution in [1.82, 2.24) is 19.4 Å². The van der Waals surface area contributed by atoms with Crippen molar-refractivity contribution in [2.24, 2.45) is 5.41 Å². The van der Waals surface area contributed by atoms with Crippen LogP contribution in [-0.2, 0) is 25.4 Å². The van der Waals surface area contributed by atoms with Gasteiger partial charge in [0.25, 0.3) is 11.1 Å². The number of nitrogens with zero attached hydrogens (tertiary/aromatic N) is 4. The van der Waals surface area contributed by atoms with E-state index in [1.54, 1.807) is 24.4 Å². The fourth-order valence-corrected chi connectivity index (χ4v) is 8.38. The molecule has 1 N–H and O–H groups in total. The molecule has 2 amide bonds. The summed E-state index contributed by atoms with van der Waals surface area (Å²) >= 11 is 3.66. The average Bonchev–Trinajstić information content (AvgIpc) is 3.41. The summed E-state index contributed by atoms with van der Waals surface area (Å²) in [5.74, 6) is -1.14. The van der Waals surface area contributed by atoms with Gasteiger partial charge in [-0.3, -0.25) is 14.4 Å². The molecule has 0 bridgehead atoms. The van der Waals surface area contributed by atoms with Crippen molar-refractivity contribution < 1.29 is 28.1 Å². The Morgan fingerprint density at radius 3 is 2.84 bits per heavy atom. The van der Waals surface area contributed by atoms with Crippen molar-refractivity contribution in [3.63, 3.8) is 0 Å². The molecule has 2 saturated heterocycles. The van der Waals surface area contributed by atoms with Crippen LogP contribution in [0.5, 0.6) is 0 Å². The number of carbonyl (C=O) groups excluding carboxylic acids is 2. The highest BCUT2D eigenvalue weighted by molar-refractivity contribution is 8.00. The Labute approximate surface area is 192 Å². The van der Waals surface area contributed by atoms with Crippen molar-refractivity contribution in [2.45, 2.75) is 34.7 Å². The first-order valence-electron chi connectivity index (χ1n) is 9.07. The smallest absolute Gasteiger partial charge is 0.313 e. The minimum atomic E-state index is -1.80. The first-order valence-corrected chi connectivity index (χ1v) is 13.1. The molecule has 3 unspecified atom stereocenters. The summed E-state index contributed by atoms with van der Waals surface area (Å²) in [5.41, 5.74) is -1.21. The second kappa shape index (κ2) is 8.56. The van der Waals surface area contributed by atoms with Gasteiger partial charge in [-0.2, -0.15) is 0 Å². The lowest BCUT2D eigenvalue weighted by Gasteiger charge is -2.55. The van der Waals surface area contributed by atoms with Gasteiger partial charge in [-0.15, -0.1) is 33.3 Å². The molecule has 2 aromatic rings. The van der Waals surface area contributed by atoms with Crippen LogP contribution in [0.4, 0.5) is 0 Å². The van der Waals surface area contributed by atoms with E-state index < -0.39 is 45.6 Å². The van der Waals surface area contributed by atoms with Crippen LogP contribution in [0.2, 0.25) is 0 Å². The molecule has 0 aliphatic carbocycles. The molecular formula is C17H18N4O6S4. The van der Waals surface area contributed by atoms with E-state index in [9.17, 15) is 23.7 Å². The quantitative estimate of drug-likeness (QED) is 0.438. The second-order valence-electron chi connectivity index (χ2n) is 7.10. The van der Waals surface area contributed by atoms with Crippen LogP contribution < -0.4 is 0 Å². The van der Waals surface area contributed by atoms with Crippen LogP contribution in [0, 0.1) is 12.3 Å². The van der Waals surface area contributed by atoms with Crippen LogP contribution in [0.3, 0.4) is 0 Å². The van der Waals surface area contributed by atoms with Gasteiger partial charge in [-0.05, 0) is 11.4 Å². The highest BCUT2D eigenvalue weighted by Gasteiger charge is 2.60. The fraction of sp³-hybridized carbons (Fsp3) is 0.471. The zero-order chi connectivity index (χ0) is 22.3. The Morgan fingerprint density at radius 1 is 1.48 bits per heavy atom. The molecule has 0 saturated carbocycles. The number of fused-ring (bicyclic) bond motifs is 1. The van der Waals surface area contributed by atoms with E-state index in [1.807, 2.05) is 0 Å². The minimum Gasteiger partial charge on any atom is -0.481 e. The van der Waals surface area contributed by atoms with E-state index in [2.05, 4.69) is 10.2 Å². The molecule has 14 heteroatoms. The average molecular weight is 503 g/mol. The van der Waals surface area contributed by atoms with Crippen LogP contribution >= 0.6 is 34.9 Å². The van der Waals surface area contributed by atoms with E-state index >= 15 is 0 Å². The molecule has 2 aliphatic heterocycles. The number of β-lactam (4-membered cyclic amide) rings is 1. The SMILES string of the molecule is CC(=O)N(C1C(=O)N2CC(CSc3nnc(C)o3)(C(=O)O)CS[C@H]12)S(=O)c1cccs1. The largest absolute Gasteiger partial charge is 0.481 e. The van der Waals surface area contributed by atoms with Crippen molar-refractivity contribution in [2.75, 3.05) is 18.1 Å². The molecule has 4 atom stereocenters. The van der Waals surface area contributed by atoms with Crippen molar-refractivity contribution in [3.05, 3.63) is 23.4 Å². The van der Waals surface area contributed by atoms with E-state index in [0.29, 0.717) is 10.1 Å². The summed E-state index contributed by atoms with van der Waals surface area (Å²) in [6, 6.07) is 2.49. The number of rotatable bonds is 7. The summed E-state index contributed by atoms with van der Waals surface area (Å²) in [6.45, 7) is 2.91. The molecule has 0 spiro atoms. The Morgan fingerprint density at radius 2 is 2.26 bits per heavy atom. The van der Waals surface area contributed by atoms with Gasteiger partial charge >= 0.3 is 5.97 Å². The Hall–Kier alpha value is -1.90. The minimum absolute atomic E-state index is 0.00711. The number of carboxylic acid groups (broad SMARTS) is 1. The van der Waals surface area contributed by atoms with Gasteiger partial charge in [-0.25, -0.2) is 8.51 Å². The first-order chi connectivity index (χ1) is 14.7. The number of aliphatic carboxylic acids is 1. The zero-order valence-electron chi connectivity index (χ0n) is 16.4. The molecule has 4 rings (SSSR count). The van der Waals surface area contributed by atoms with E-state index in [1.165, 1.54) is 34.9 Å². The molecule has 10 nitrogen and oxygen atoms in total. The van der Waals surface area contributed by atoms with Crippen LogP contribution in [0.25, 0.3) is 0 Å². The zero-order valence-corrected chi connectivity index (χ0v) is 19.7. The number of aromatic nitrogens is 2. The first kappa shape index (κ1) is 22.3. The van der Waals surface area contributed by atoms with Gasteiger partial charge < -0.3 is 14.4 Å². The van der Waals surface area contributed by atoms with Gasteiger partial charge in [0.15, 0.2) is 17.0 Å². The molecule has 2 fully saturated rings. The fourth-order valence-electron chi connectivity index (χ4n) is 3.38. The number of thioether (sulfide) groups is 2. The predicted octanol–water partition coefficient (Wildman–Crippen LogP) is 1.46. The van der Waals surface area contributed by atoms with Gasteiger partial charge in [0, 0.05) is 31.9 Å². The second-order valence-corrected chi connectivity index (χ2v) is 11.7. The third-order valence-corrected chi connectivity index (χ3v) is 10.3. The molecule has 4 heterocycles. The summed E-state index contributed by atoms with van der Waals surface area (Å²) in [6.07, 6.45) is 0. The number of hydrogen-bond acceptors (Lipinski definition) is 10. The summed E-state index contributed by atoms with van der Waals surface area (Å²) in [5, 5.41) is 19.1. The number of thiophene rings is 1. The lowest BCUT2D eigenvalue weighted by molar-refractivity contribution is -0.161. The predicted molar refractivity (Wildman–Crippen MR) is 115 cm³/mol. The lowest BCUT2D eigenvalue weighted by Crippen LogP contribution is -2.74. The molecule has 2 aromatic heterocycles. The summed E-state index contributed by atoms with van der Waals surface area (Å²) in [4.78, 5) is 38.8. The van der Waals surface area contributed by atoms with E-state index in [-0.39, 0.29) is 23.3 Å². The highest BCUT2D eigenvalue weighted by Crippen LogP contribution is 2.46. The van der Waals surface area contributed by atoms with Crippen molar-refractivity contribution in [3.8, 4) is 0 Å². The van der Waals surface area contributed by atoms with Gasteiger partial charge in [0.05, 0.1) is 0 Å².